The number of aromatic nitrogens is 1. The molecular weight excluding hydrogens is 408 g/mol. The Bertz CT molecular complexity index is 956. The molecule has 0 radical (unpaired) electrons. The molecule has 1 N–H and O–H groups in total. The quantitative estimate of drug-likeness (QED) is 0.582. The van der Waals surface area contributed by atoms with E-state index in [-0.39, 0.29) is 12.1 Å². The van der Waals surface area contributed by atoms with Gasteiger partial charge in [-0.1, -0.05) is 37.0 Å². The lowest BCUT2D eigenvalue weighted by molar-refractivity contribution is 0.0600. The Labute approximate surface area is 185 Å². The molecule has 8 heteroatoms. The Morgan fingerprint density at radius 3 is 2.39 bits per heavy atom. The highest BCUT2D eigenvalue weighted by molar-refractivity contribution is 6.88. The number of hydrogen-bond donors (Lipinski definition) is 1. The van der Waals surface area contributed by atoms with Gasteiger partial charge in [0.15, 0.2) is 0 Å². The zero-order chi connectivity index (χ0) is 22.8. The number of hydrogen-bond acceptors (Lipinski definition) is 5. The maximum Gasteiger partial charge on any atom is 0.339 e. The predicted molar refractivity (Wildman–Crippen MR) is 127 cm³/mol. The van der Waals surface area contributed by atoms with Crippen LogP contribution in [0.25, 0.3) is 0 Å². The van der Waals surface area contributed by atoms with Crippen molar-refractivity contribution in [2.24, 2.45) is 0 Å². The highest BCUT2D eigenvalue weighted by Crippen LogP contribution is 2.22. The van der Waals surface area contributed by atoms with Gasteiger partial charge in [0.1, 0.15) is 5.82 Å². The van der Waals surface area contributed by atoms with Crippen molar-refractivity contribution >= 4 is 36.8 Å². The van der Waals surface area contributed by atoms with E-state index < -0.39 is 14.0 Å². The van der Waals surface area contributed by atoms with Crippen LogP contribution < -0.4 is 15.4 Å². The number of methoxy groups -OCH3 is 1. The van der Waals surface area contributed by atoms with Crippen molar-refractivity contribution in [2.45, 2.75) is 39.5 Å². The fourth-order valence-corrected chi connectivity index (χ4v) is 5.00. The molecule has 1 fully saturated rings. The highest BCUT2D eigenvalue weighted by atomic mass is 28.3. The van der Waals surface area contributed by atoms with Crippen molar-refractivity contribution < 1.29 is 14.3 Å². The third kappa shape index (κ3) is 5.25. The van der Waals surface area contributed by atoms with E-state index in [9.17, 15) is 9.59 Å². The summed E-state index contributed by atoms with van der Waals surface area (Å²) in [6.07, 6.45) is 1.54. The number of ether oxygens (including phenoxy) is 1. The summed E-state index contributed by atoms with van der Waals surface area (Å²) in [6.45, 7) is 12.8. The van der Waals surface area contributed by atoms with Crippen molar-refractivity contribution in [2.75, 3.05) is 37.0 Å². The van der Waals surface area contributed by atoms with Gasteiger partial charge in [0.05, 0.1) is 20.7 Å². The van der Waals surface area contributed by atoms with Gasteiger partial charge in [0.2, 0.25) is 0 Å². The van der Waals surface area contributed by atoms with Crippen LogP contribution in [0.3, 0.4) is 0 Å². The van der Waals surface area contributed by atoms with Crippen molar-refractivity contribution in [3.63, 3.8) is 0 Å². The molecule has 0 bridgehead atoms. The molecule has 1 aliphatic heterocycles. The number of nitrogens with one attached hydrogen (secondary N) is 1. The van der Waals surface area contributed by atoms with Crippen molar-refractivity contribution in [1.29, 1.82) is 0 Å². The summed E-state index contributed by atoms with van der Waals surface area (Å²) in [6, 6.07) is 9.95. The fourth-order valence-electron chi connectivity index (χ4n) is 3.83. The summed E-state index contributed by atoms with van der Waals surface area (Å²) in [5.74, 6) is 0.441. The Kier molecular flexibility index (Phi) is 6.69. The minimum Gasteiger partial charge on any atom is -0.465 e. The van der Waals surface area contributed by atoms with Crippen LogP contribution >= 0.6 is 0 Å². The lowest BCUT2D eigenvalue weighted by Crippen LogP contribution is -2.55. The summed E-state index contributed by atoms with van der Waals surface area (Å²) in [5, 5.41) is 4.40. The molecule has 1 atom stereocenters. The fraction of sp³-hybridized carbons (Fsp3) is 0.435. The molecule has 7 nitrogen and oxygen atoms in total. The van der Waals surface area contributed by atoms with Crippen LogP contribution in [0, 0.1) is 6.92 Å². The molecule has 0 saturated carbocycles. The van der Waals surface area contributed by atoms with Crippen LogP contribution in [0.4, 0.5) is 16.3 Å². The highest BCUT2D eigenvalue weighted by Gasteiger charge is 2.29. The summed E-state index contributed by atoms with van der Waals surface area (Å²) >= 11 is 0. The summed E-state index contributed by atoms with van der Waals surface area (Å²) in [7, 11) is 0.00282. The minimum absolute atomic E-state index is 0.0245. The first-order chi connectivity index (χ1) is 14.6. The van der Waals surface area contributed by atoms with Crippen molar-refractivity contribution in [3.05, 3.63) is 47.7 Å². The minimum atomic E-state index is -1.36. The van der Waals surface area contributed by atoms with E-state index in [1.54, 1.807) is 12.3 Å². The Morgan fingerprint density at radius 1 is 1.16 bits per heavy atom. The number of pyridine rings is 1. The lowest BCUT2D eigenvalue weighted by atomic mass is 10.1. The van der Waals surface area contributed by atoms with Gasteiger partial charge >= 0.3 is 12.0 Å². The number of carbonyl (C=O) groups excluding carboxylic acids is 2. The van der Waals surface area contributed by atoms with Crippen LogP contribution in [0.5, 0.6) is 0 Å². The van der Waals surface area contributed by atoms with Crippen molar-refractivity contribution in [3.8, 4) is 0 Å². The number of urea groups is 1. The van der Waals surface area contributed by atoms with Gasteiger partial charge in [-0.2, -0.15) is 0 Å². The van der Waals surface area contributed by atoms with Crippen LogP contribution in [-0.4, -0.2) is 62.7 Å². The average Bonchev–Trinajstić information content (AvgIpc) is 2.72. The molecule has 0 aliphatic carbocycles. The Morgan fingerprint density at radius 2 is 1.84 bits per heavy atom. The molecule has 1 unspecified atom stereocenters. The summed E-state index contributed by atoms with van der Waals surface area (Å²) in [4.78, 5) is 33.1. The first-order valence-corrected chi connectivity index (χ1v) is 14.1. The Balaban J connectivity index is 1.63. The third-order valence-corrected chi connectivity index (χ3v) is 7.73. The van der Waals surface area contributed by atoms with E-state index in [1.165, 1.54) is 12.3 Å². The number of amides is 2. The Hall–Kier alpha value is -2.87. The largest absolute Gasteiger partial charge is 0.465 e. The predicted octanol–water partition coefficient (Wildman–Crippen LogP) is 3.46. The maximum absolute atomic E-state index is 12.9. The monoisotopic (exact) mass is 440 g/mol. The molecule has 3 rings (SSSR count). The van der Waals surface area contributed by atoms with Gasteiger partial charge < -0.3 is 19.9 Å². The zero-order valence-electron chi connectivity index (χ0n) is 19.2. The van der Waals surface area contributed by atoms with E-state index in [0.29, 0.717) is 25.2 Å². The SMILES string of the molecule is COC(=O)c1cnc(N2CCN(C(=O)Nc3ccc([Si](C)(C)C)cc3)C(C)C2)c(C)c1. The van der Waals surface area contributed by atoms with Crippen LogP contribution in [0.2, 0.25) is 19.6 Å². The smallest absolute Gasteiger partial charge is 0.339 e. The summed E-state index contributed by atoms with van der Waals surface area (Å²) < 4.78 is 4.76. The van der Waals surface area contributed by atoms with Crippen LogP contribution in [-0.2, 0) is 4.74 Å². The molecule has 2 amide bonds. The standard InChI is InChI=1S/C23H32N4O3Si/c1-16-13-18(22(28)30-3)14-24-21(16)26-11-12-27(17(2)15-26)23(29)25-19-7-9-20(10-8-19)31(4,5)6/h7-10,13-14,17H,11-12,15H2,1-6H3,(H,25,29). The van der Waals surface area contributed by atoms with Gasteiger partial charge in [-0.15, -0.1) is 0 Å². The molecule has 2 heterocycles. The second-order valence-electron chi connectivity index (χ2n) is 9.10. The number of aryl methyl sites for hydroxylation is 1. The van der Waals surface area contributed by atoms with E-state index in [4.69, 9.17) is 4.74 Å². The molecular formula is C23H32N4O3Si. The molecule has 2 aromatic rings. The van der Waals surface area contributed by atoms with E-state index in [1.807, 2.05) is 30.9 Å². The van der Waals surface area contributed by atoms with E-state index >= 15 is 0 Å². The number of benzene rings is 1. The maximum atomic E-state index is 12.9. The van der Waals surface area contributed by atoms with Gasteiger partial charge in [-0.25, -0.2) is 14.6 Å². The average molecular weight is 441 g/mol. The zero-order valence-corrected chi connectivity index (χ0v) is 20.2. The summed E-state index contributed by atoms with van der Waals surface area (Å²) in [5.41, 5.74) is 2.17. The second-order valence-corrected chi connectivity index (χ2v) is 14.2. The third-order valence-electron chi connectivity index (χ3n) is 5.66. The van der Waals surface area contributed by atoms with Crippen LogP contribution in [0.1, 0.15) is 22.8 Å². The number of carbonyl (C=O) groups is 2. The lowest BCUT2D eigenvalue weighted by Gasteiger charge is -2.40. The normalized spacial score (nSPS) is 16.8. The number of piperazine rings is 1. The topological polar surface area (TPSA) is 74.8 Å². The van der Waals surface area contributed by atoms with Gasteiger partial charge in [0, 0.05) is 37.6 Å². The first-order valence-electron chi connectivity index (χ1n) is 10.6. The number of nitrogens with zero attached hydrogens (tertiary/aromatic N) is 3. The van der Waals surface area contributed by atoms with Gasteiger partial charge in [0.25, 0.3) is 0 Å². The molecule has 166 valence electrons. The van der Waals surface area contributed by atoms with Gasteiger partial charge in [-0.3, -0.25) is 0 Å². The number of anilines is 2. The molecule has 31 heavy (non-hydrogen) atoms. The number of esters is 1. The van der Waals surface area contributed by atoms with E-state index in [2.05, 4.69) is 47.0 Å². The number of rotatable bonds is 4. The van der Waals surface area contributed by atoms with Gasteiger partial charge in [-0.05, 0) is 37.6 Å². The molecule has 1 aliphatic rings. The molecule has 1 saturated heterocycles. The van der Waals surface area contributed by atoms with Crippen molar-refractivity contribution in [1.82, 2.24) is 9.88 Å². The van der Waals surface area contributed by atoms with Crippen LogP contribution in [0.15, 0.2) is 36.5 Å². The molecule has 1 aromatic carbocycles. The molecule has 0 spiro atoms. The second kappa shape index (κ2) is 9.09. The van der Waals surface area contributed by atoms with E-state index in [0.717, 1.165) is 17.1 Å². The molecule has 1 aromatic heterocycles. The first kappa shape index (κ1) is 22.8.